The van der Waals surface area contributed by atoms with Gasteiger partial charge in [0.2, 0.25) is 5.76 Å². The number of carbonyl (C=O) groups is 1. The molecule has 0 aliphatic heterocycles. The smallest absolute Gasteiger partial charge is 0.379 e. The Labute approximate surface area is 216 Å². The largest absolute Gasteiger partial charge is 0.443 e. The first kappa shape index (κ1) is 20.7. The highest BCUT2D eigenvalue weighted by Gasteiger charge is 2.24. The van der Waals surface area contributed by atoms with Crippen molar-refractivity contribution < 1.29 is 13.9 Å². The molecule has 148 valence electrons. The molecule has 2 aromatic heterocycles. The minimum Gasteiger partial charge on any atom is -0.443 e. The second-order valence-corrected chi connectivity index (χ2v) is 12.1. The number of benzene rings is 3. The van der Waals surface area contributed by atoms with E-state index in [0.29, 0.717) is 9.52 Å². The van der Waals surface area contributed by atoms with Gasteiger partial charge in [0, 0.05) is 40.5 Å². The molecule has 5 rings (SSSR count). The van der Waals surface area contributed by atoms with Gasteiger partial charge in [-0.15, -0.1) is 0 Å². The van der Waals surface area contributed by atoms with Crippen molar-refractivity contribution in [2.75, 3.05) is 0 Å². The molecule has 0 fully saturated rings. The van der Waals surface area contributed by atoms with Crippen molar-refractivity contribution in [2.45, 2.75) is 0 Å². The van der Waals surface area contributed by atoms with E-state index in [-0.39, 0.29) is 16.2 Å². The van der Waals surface area contributed by atoms with E-state index in [2.05, 4.69) is 81.6 Å². The van der Waals surface area contributed by atoms with Crippen LogP contribution in [0.4, 0.5) is 0 Å². The Balaban J connectivity index is 1.56. The minimum atomic E-state index is -0.492. The van der Waals surface area contributed by atoms with Gasteiger partial charge in [-0.2, -0.15) is 0 Å². The molecule has 0 unspecified atom stereocenters. The number of halogens is 3. The summed E-state index contributed by atoms with van der Waals surface area (Å²) in [6, 6.07) is 24.5. The van der Waals surface area contributed by atoms with Crippen molar-refractivity contribution in [3.05, 3.63) is 89.5 Å². The number of ether oxygens (including phenoxy) is 1. The third-order valence-electron chi connectivity index (χ3n) is 4.66. The Bertz CT molecular complexity index is 1360. The molecule has 7 heteroatoms. The number of carbonyl (C=O) groups excluding carboxylic acids is 1. The van der Waals surface area contributed by atoms with Crippen LogP contribution in [0.3, 0.4) is 0 Å². The highest BCUT2D eigenvalue weighted by atomic mass is 127. The summed E-state index contributed by atoms with van der Waals surface area (Å²) in [6.45, 7) is 0. The maximum absolute atomic E-state index is 12.2. The second kappa shape index (κ2) is 8.40. The lowest BCUT2D eigenvalue weighted by Crippen LogP contribution is -2.06. The van der Waals surface area contributed by atoms with Crippen molar-refractivity contribution in [3.8, 4) is 10.6 Å². The predicted octanol–water partition coefficient (Wildman–Crippen LogP) is 8.36. The van der Waals surface area contributed by atoms with Gasteiger partial charge in [-0.1, -0.05) is 0 Å². The molecule has 30 heavy (non-hydrogen) atoms. The molecule has 0 spiro atoms. The van der Waals surface area contributed by atoms with Crippen molar-refractivity contribution in [1.29, 1.82) is 0 Å². The van der Waals surface area contributed by atoms with Gasteiger partial charge in [0.25, 0.3) is 0 Å². The molecule has 0 saturated carbocycles. The lowest BCUT2D eigenvalue weighted by molar-refractivity contribution is 0.0700. The number of fused-ring (bicyclic) bond motifs is 3. The summed E-state index contributed by atoms with van der Waals surface area (Å²) in [4.78, 5) is 13.4. The molecule has 3 nitrogen and oxygen atoms in total. The molecule has 5 aromatic rings. The zero-order valence-electron chi connectivity index (χ0n) is 15.2. The Morgan fingerprint density at radius 1 is 0.767 bits per heavy atom. The van der Waals surface area contributed by atoms with Crippen molar-refractivity contribution >= 4 is 104 Å². The monoisotopic (exact) mass is 749 g/mol. The molecule has 0 atom stereocenters. The molecule has 0 N–H and O–H groups in total. The second-order valence-electron chi connectivity index (χ2n) is 6.55. The van der Waals surface area contributed by atoms with E-state index in [1.165, 1.54) is 32.2 Å². The quantitative estimate of drug-likeness (QED) is 0.0807. The molecule has 0 aliphatic rings. The van der Waals surface area contributed by atoms with Crippen LogP contribution in [0, 0.1) is 10.9 Å². The van der Waals surface area contributed by atoms with Gasteiger partial charge < -0.3 is 9.15 Å². The van der Waals surface area contributed by atoms with Crippen molar-refractivity contribution in [2.24, 2.45) is 0 Å². The maximum atomic E-state index is 12.2. The van der Waals surface area contributed by atoms with Crippen LogP contribution in [0.15, 0.2) is 77.2 Å². The van der Waals surface area contributed by atoms with Gasteiger partial charge in [0.1, 0.15) is 5.75 Å². The fourth-order valence-electron chi connectivity index (χ4n) is 3.38. The lowest BCUT2D eigenvalue weighted by Gasteiger charge is -2.02. The molecule has 3 aromatic carbocycles. The summed E-state index contributed by atoms with van der Waals surface area (Å²) in [6.07, 6.45) is 0. The Kier molecular flexibility index (Phi) is 5.80. The molecule has 0 radical (unpaired) electrons. The van der Waals surface area contributed by atoms with Gasteiger partial charge in [-0.3, -0.25) is 0 Å². The first-order chi connectivity index (χ1) is 14.5. The predicted molar refractivity (Wildman–Crippen MR) is 147 cm³/mol. The highest BCUT2D eigenvalue weighted by Crippen LogP contribution is 2.49. The van der Waals surface area contributed by atoms with Crippen LogP contribution in [0.5, 0.6) is 5.75 Å². The summed E-state index contributed by atoms with van der Waals surface area (Å²) in [5, 5.41) is 2.61. The fraction of sp³-hybridized carbons (Fsp3) is 0. The van der Waals surface area contributed by atoms with Crippen LogP contribution in [-0.4, -0.2) is 5.97 Å². The van der Waals surface area contributed by atoms with E-state index in [0.717, 1.165) is 0 Å². The molecule has 0 bridgehead atoms. The molecule has 0 aliphatic carbocycles. The first-order valence-corrected chi connectivity index (χ1v) is 13.4. The number of furan rings is 1. The highest BCUT2D eigenvalue weighted by molar-refractivity contribution is 14.1. The molecular formula is C23H12I3O3S+. The van der Waals surface area contributed by atoms with E-state index < -0.39 is 5.97 Å². The molecule has 0 saturated heterocycles. The zero-order chi connectivity index (χ0) is 20.8. The topological polar surface area (TPSA) is 39.4 Å². The van der Waals surface area contributed by atoms with Crippen LogP contribution >= 0.6 is 78.2 Å². The third-order valence-corrected chi connectivity index (χ3v) is 8.91. The molecule has 0 amide bonds. The van der Waals surface area contributed by atoms with Crippen LogP contribution in [0.1, 0.15) is 10.6 Å². The van der Waals surface area contributed by atoms with E-state index in [1.807, 2.05) is 46.9 Å². The first-order valence-electron chi connectivity index (χ1n) is 8.91. The van der Waals surface area contributed by atoms with Gasteiger partial charge in [-0.25, -0.2) is 4.79 Å². The number of rotatable bonds is 3. The summed E-state index contributed by atoms with van der Waals surface area (Å²) in [7, 11) is -0.177. The SMILES string of the molecule is O=C(Oc1ccc(-[s+]2c3ccc(I)cc3c3cc(I)ccc32)cc1)c1ccc(I)o1. The Morgan fingerprint density at radius 3 is 1.90 bits per heavy atom. The average molecular weight is 749 g/mol. The van der Waals surface area contributed by atoms with E-state index in [1.54, 1.807) is 12.1 Å². The van der Waals surface area contributed by atoms with Gasteiger partial charge in [0.15, 0.2) is 18.1 Å². The van der Waals surface area contributed by atoms with Gasteiger partial charge >= 0.3 is 5.97 Å². The van der Waals surface area contributed by atoms with Crippen LogP contribution in [0.2, 0.25) is 0 Å². The summed E-state index contributed by atoms with van der Waals surface area (Å²) >= 11 is 6.76. The van der Waals surface area contributed by atoms with E-state index in [9.17, 15) is 4.79 Å². The standard InChI is InChI=1S/C23H12I3O3S/c24-13-1-8-20-17(11-13)18-12-14(25)2-9-21(18)30(20)16-5-3-15(4-6-16)28-23(27)19-7-10-22(26)29-19/h1-12H/q+1. The van der Waals surface area contributed by atoms with Gasteiger partial charge in [-0.05, 0) is 128 Å². The van der Waals surface area contributed by atoms with Crippen LogP contribution in [-0.2, 0) is 0 Å². The summed E-state index contributed by atoms with van der Waals surface area (Å²) in [5.41, 5.74) is 0. The number of thiophene rings is 1. The number of hydrogen-bond acceptors (Lipinski definition) is 3. The fourth-order valence-corrected chi connectivity index (χ4v) is 7.12. The average Bonchev–Trinajstić information content (AvgIpc) is 3.30. The van der Waals surface area contributed by atoms with Gasteiger partial charge in [0.05, 0.1) is 0 Å². The van der Waals surface area contributed by atoms with E-state index >= 15 is 0 Å². The van der Waals surface area contributed by atoms with Crippen LogP contribution < -0.4 is 4.74 Å². The number of esters is 1. The van der Waals surface area contributed by atoms with E-state index in [4.69, 9.17) is 9.15 Å². The normalized spacial score (nSPS) is 11.3. The lowest BCUT2D eigenvalue weighted by atomic mass is 10.2. The van der Waals surface area contributed by atoms with Crippen LogP contribution in [0.25, 0.3) is 25.1 Å². The number of hydrogen-bond donors (Lipinski definition) is 0. The Morgan fingerprint density at radius 2 is 1.37 bits per heavy atom. The summed E-state index contributed by atoms with van der Waals surface area (Å²) < 4.78 is 16.6. The van der Waals surface area contributed by atoms with Crippen molar-refractivity contribution in [3.63, 3.8) is 0 Å². The third kappa shape index (κ3) is 3.89. The minimum absolute atomic E-state index is 0.177. The van der Waals surface area contributed by atoms with Crippen molar-refractivity contribution in [1.82, 2.24) is 0 Å². The molecule has 2 heterocycles. The Hall–Kier alpha value is -1.18. The zero-order valence-corrected chi connectivity index (χ0v) is 22.5. The summed E-state index contributed by atoms with van der Waals surface area (Å²) in [5.74, 6) is 0.214. The molecular weight excluding hydrogens is 737 g/mol. The maximum Gasteiger partial charge on any atom is 0.379 e.